The second kappa shape index (κ2) is 5.43. The minimum absolute atomic E-state index is 0.459. The van der Waals surface area contributed by atoms with Gasteiger partial charge in [0.05, 0.1) is 36.1 Å². The van der Waals surface area contributed by atoms with Crippen molar-refractivity contribution in [2.45, 2.75) is 6.42 Å². The molecule has 0 amide bonds. The standard InChI is InChI=1S/C16H16N6O2/c1-23-11-2-3-12-13(7-11)22(18)10(8-17)6-14-15(20-9-21(12)14)16-19-4-5-24-16/h2-5,7-9H,6,17-18H2,1H3/b10-8-. The molecule has 0 saturated carbocycles. The summed E-state index contributed by atoms with van der Waals surface area (Å²) in [5.41, 5.74) is 9.73. The number of nitrogens with zero attached hydrogens (tertiary/aromatic N) is 4. The van der Waals surface area contributed by atoms with E-state index in [1.807, 2.05) is 22.8 Å². The molecule has 0 aliphatic carbocycles. The summed E-state index contributed by atoms with van der Waals surface area (Å²) in [7, 11) is 1.61. The molecule has 122 valence electrons. The lowest BCUT2D eigenvalue weighted by Crippen LogP contribution is -2.31. The first-order valence-corrected chi connectivity index (χ1v) is 7.33. The van der Waals surface area contributed by atoms with Crippen LogP contribution in [0.1, 0.15) is 5.69 Å². The zero-order chi connectivity index (χ0) is 16.7. The zero-order valence-electron chi connectivity index (χ0n) is 13.0. The summed E-state index contributed by atoms with van der Waals surface area (Å²) in [5.74, 6) is 7.45. The monoisotopic (exact) mass is 324 g/mol. The Bertz CT molecular complexity index is 913. The van der Waals surface area contributed by atoms with Crippen LogP contribution in [0.3, 0.4) is 0 Å². The van der Waals surface area contributed by atoms with E-state index in [0.29, 0.717) is 23.8 Å². The maximum Gasteiger partial charge on any atom is 0.246 e. The van der Waals surface area contributed by atoms with Gasteiger partial charge >= 0.3 is 0 Å². The Balaban J connectivity index is 1.97. The normalized spacial score (nSPS) is 15.1. The van der Waals surface area contributed by atoms with Gasteiger partial charge in [-0.05, 0) is 12.1 Å². The van der Waals surface area contributed by atoms with Crippen LogP contribution in [0.2, 0.25) is 0 Å². The molecular formula is C16H16N6O2. The van der Waals surface area contributed by atoms with Crippen molar-refractivity contribution in [1.82, 2.24) is 14.5 Å². The van der Waals surface area contributed by atoms with Gasteiger partial charge < -0.3 is 14.9 Å². The van der Waals surface area contributed by atoms with Crippen LogP contribution in [-0.4, -0.2) is 21.6 Å². The highest BCUT2D eigenvalue weighted by atomic mass is 16.5. The van der Waals surface area contributed by atoms with E-state index < -0.39 is 0 Å². The highest BCUT2D eigenvalue weighted by Gasteiger charge is 2.26. The van der Waals surface area contributed by atoms with E-state index in [9.17, 15) is 0 Å². The number of hydrazine groups is 1. The van der Waals surface area contributed by atoms with Crippen LogP contribution in [0, 0.1) is 0 Å². The Morgan fingerprint density at radius 2 is 2.17 bits per heavy atom. The summed E-state index contributed by atoms with van der Waals surface area (Å²) in [6.45, 7) is 0. The Labute approximate surface area is 137 Å². The number of benzene rings is 1. The van der Waals surface area contributed by atoms with Gasteiger partial charge in [0.2, 0.25) is 5.89 Å². The molecule has 4 rings (SSSR count). The molecule has 0 saturated heterocycles. The minimum atomic E-state index is 0.459. The molecule has 0 unspecified atom stereocenters. The molecule has 1 aromatic carbocycles. The van der Waals surface area contributed by atoms with Crippen molar-refractivity contribution in [3.05, 3.63) is 54.6 Å². The summed E-state index contributed by atoms with van der Waals surface area (Å²) in [6, 6.07) is 5.66. The first-order valence-electron chi connectivity index (χ1n) is 7.33. The number of allylic oxidation sites excluding steroid dienone is 1. The van der Waals surface area contributed by atoms with E-state index in [1.165, 1.54) is 12.5 Å². The van der Waals surface area contributed by atoms with Gasteiger partial charge in [-0.25, -0.2) is 15.8 Å². The molecule has 0 spiro atoms. The summed E-state index contributed by atoms with van der Waals surface area (Å²) in [5, 5.41) is 1.56. The number of rotatable bonds is 2. The molecule has 8 nitrogen and oxygen atoms in total. The van der Waals surface area contributed by atoms with Crippen LogP contribution in [0.4, 0.5) is 5.69 Å². The molecule has 0 radical (unpaired) electrons. The smallest absolute Gasteiger partial charge is 0.246 e. The average molecular weight is 324 g/mol. The third kappa shape index (κ3) is 2.04. The van der Waals surface area contributed by atoms with Gasteiger partial charge in [-0.2, -0.15) is 0 Å². The summed E-state index contributed by atoms with van der Waals surface area (Å²) >= 11 is 0. The summed E-state index contributed by atoms with van der Waals surface area (Å²) < 4.78 is 12.7. The topological polar surface area (TPSA) is 108 Å². The van der Waals surface area contributed by atoms with Crippen LogP contribution < -0.4 is 21.3 Å². The van der Waals surface area contributed by atoms with Crippen LogP contribution >= 0.6 is 0 Å². The highest BCUT2D eigenvalue weighted by molar-refractivity contribution is 5.71. The number of fused-ring (bicyclic) bond motifs is 3. The van der Waals surface area contributed by atoms with E-state index in [0.717, 1.165) is 22.8 Å². The van der Waals surface area contributed by atoms with Crippen molar-refractivity contribution in [2.24, 2.45) is 11.6 Å². The van der Waals surface area contributed by atoms with E-state index in [1.54, 1.807) is 24.6 Å². The lowest BCUT2D eigenvalue weighted by molar-refractivity contribution is 0.415. The van der Waals surface area contributed by atoms with Gasteiger partial charge in [0, 0.05) is 18.7 Å². The fraction of sp³-hybridized carbons (Fsp3) is 0.125. The first kappa shape index (κ1) is 14.3. The van der Waals surface area contributed by atoms with Gasteiger partial charge in [-0.1, -0.05) is 0 Å². The number of anilines is 1. The molecule has 1 aliphatic rings. The number of imidazole rings is 1. The van der Waals surface area contributed by atoms with Crippen LogP contribution in [0.25, 0.3) is 17.3 Å². The molecule has 1 aliphatic heterocycles. The molecular weight excluding hydrogens is 308 g/mol. The lowest BCUT2D eigenvalue weighted by atomic mass is 10.2. The van der Waals surface area contributed by atoms with Crippen molar-refractivity contribution in [3.8, 4) is 23.0 Å². The average Bonchev–Trinajstić information content (AvgIpc) is 3.25. The summed E-state index contributed by atoms with van der Waals surface area (Å²) in [6.07, 6.45) is 6.82. The first-order chi connectivity index (χ1) is 11.7. The highest BCUT2D eigenvalue weighted by Crippen LogP contribution is 2.36. The Morgan fingerprint density at radius 1 is 1.29 bits per heavy atom. The zero-order valence-corrected chi connectivity index (χ0v) is 13.0. The molecule has 2 aromatic heterocycles. The number of hydrogen-bond donors (Lipinski definition) is 2. The van der Waals surface area contributed by atoms with Gasteiger partial charge in [0.25, 0.3) is 0 Å². The molecule has 4 N–H and O–H groups in total. The molecule has 0 fully saturated rings. The van der Waals surface area contributed by atoms with E-state index in [2.05, 4.69) is 9.97 Å². The predicted molar refractivity (Wildman–Crippen MR) is 88.3 cm³/mol. The van der Waals surface area contributed by atoms with E-state index in [-0.39, 0.29) is 0 Å². The van der Waals surface area contributed by atoms with Crippen LogP contribution in [0.15, 0.2) is 53.3 Å². The molecule has 0 bridgehead atoms. The molecule has 3 heterocycles. The van der Waals surface area contributed by atoms with Crippen molar-refractivity contribution < 1.29 is 9.15 Å². The second-order valence-corrected chi connectivity index (χ2v) is 5.31. The van der Waals surface area contributed by atoms with Gasteiger partial charge in [0.1, 0.15) is 24.0 Å². The van der Waals surface area contributed by atoms with Gasteiger partial charge in [0.15, 0.2) is 0 Å². The predicted octanol–water partition coefficient (Wildman–Crippen LogP) is 1.57. The number of ether oxygens (including phenoxy) is 1. The number of methoxy groups -OCH3 is 1. The molecule has 0 atom stereocenters. The Morgan fingerprint density at radius 3 is 2.88 bits per heavy atom. The number of oxazole rings is 1. The fourth-order valence-corrected chi connectivity index (χ4v) is 2.85. The Hall–Kier alpha value is -3.26. The van der Waals surface area contributed by atoms with E-state index in [4.69, 9.17) is 20.7 Å². The van der Waals surface area contributed by atoms with Crippen LogP contribution in [-0.2, 0) is 6.42 Å². The maximum absolute atomic E-state index is 6.29. The van der Waals surface area contributed by atoms with Gasteiger partial charge in [-0.15, -0.1) is 0 Å². The third-order valence-electron chi connectivity index (χ3n) is 4.05. The van der Waals surface area contributed by atoms with E-state index >= 15 is 0 Å². The lowest BCUT2D eigenvalue weighted by Gasteiger charge is -2.21. The fourth-order valence-electron chi connectivity index (χ4n) is 2.85. The third-order valence-corrected chi connectivity index (χ3v) is 4.05. The largest absolute Gasteiger partial charge is 0.497 e. The van der Waals surface area contributed by atoms with Crippen molar-refractivity contribution in [2.75, 3.05) is 12.1 Å². The molecule has 8 heteroatoms. The van der Waals surface area contributed by atoms with Gasteiger partial charge in [-0.3, -0.25) is 9.58 Å². The summed E-state index contributed by atoms with van der Waals surface area (Å²) in [4.78, 5) is 8.66. The minimum Gasteiger partial charge on any atom is -0.497 e. The molecule has 3 aromatic rings. The second-order valence-electron chi connectivity index (χ2n) is 5.31. The van der Waals surface area contributed by atoms with Crippen molar-refractivity contribution in [3.63, 3.8) is 0 Å². The Kier molecular flexibility index (Phi) is 3.24. The number of aromatic nitrogens is 3. The molecule has 24 heavy (non-hydrogen) atoms. The number of hydrogen-bond acceptors (Lipinski definition) is 7. The van der Waals surface area contributed by atoms with Crippen molar-refractivity contribution in [1.29, 1.82) is 0 Å². The number of nitrogens with two attached hydrogens (primary N) is 2. The maximum atomic E-state index is 6.29. The van der Waals surface area contributed by atoms with Crippen LogP contribution in [0.5, 0.6) is 5.75 Å². The SMILES string of the molecule is COc1ccc2c(c1)N(N)/C(=C\N)Cc1c(-c3ncco3)ncn1-2. The van der Waals surface area contributed by atoms with Crippen molar-refractivity contribution >= 4 is 5.69 Å². The quantitative estimate of drug-likeness (QED) is 0.689.